The monoisotopic (exact) mass is 431 g/mol. The quantitative estimate of drug-likeness (QED) is 0.552. The first-order chi connectivity index (χ1) is 13.9. The van der Waals surface area contributed by atoms with Gasteiger partial charge in [0.2, 0.25) is 0 Å². The lowest BCUT2D eigenvalue weighted by molar-refractivity contribution is -0.139. The van der Waals surface area contributed by atoms with Crippen molar-refractivity contribution in [2.45, 2.75) is 40.0 Å². The van der Waals surface area contributed by atoms with Crippen LogP contribution in [-0.4, -0.2) is 26.7 Å². The zero-order chi connectivity index (χ0) is 22.4. The van der Waals surface area contributed by atoms with Gasteiger partial charge in [0.25, 0.3) is 5.91 Å². The van der Waals surface area contributed by atoms with Gasteiger partial charge in [0, 0.05) is 27.7 Å². The first kappa shape index (κ1) is 21.8. The van der Waals surface area contributed by atoms with E-state index in [4.69, 9.17) is 11.6 Å². The number of carboxylic acids is 1. The van der Waals surface area contributed by atoms with Crippen molar-refractivity contribution in [1.29, 1.82) is 0 Å². The van der Waals surface area contributed by atoms with E-state index in [9.17, 15) is 24.2 Å². The van der Waals surface area contributed by atoms with E-state index in [0.29, 0.717) is 33.7 Å². The molecular formula is C23H23ClFNO4. The van der Waals surface area contributed by atoms with Crippen LogP contribution >= 0.6 is 11.6 Å². The van der Waals surface area contributed by atoms with E-state index in [1.165, 1.54) is 10.6 Å². The van der Waals surface area contributed by atoms with Crippen LogP contribution in [0.25, 0.3) is 10.9 Å². The number of carboxylic acid groups (broad SMARTS) is 1. The van der Waals surface area contributed by atoms with Crippen molar-refractivity contribution in [3.63, 3.8) is 0 Å². The molecule has 0 saturated carbocycles. The third-order valence-corrected chi connectivity index (χ3v) is 5.33. The van der Waals surface area contributed by atoms with Crippen molar-refractivity contribution in [1.82, 2.24) is 4.57 Å². The SMILES string of the molecule is Cc1c(C(CC(C)(C)C)C(=O)O)c2cc(O)c(F)cc2n1C(=O)c1ccc(Cl)cc1. The lowest BCUT2D eigenvalue weighted by Crippen LogP contribution is -2.20. The fourth-order valence-electron chi connectivity index (χ4n) is 3.80. The summed E-state index contributed by atoms with van der Waals surface area (Å²) < 4.78 is 15.5. The maximum atomic E-state index is 14.2. The number of aromatic nitrogens is 1. The van der Waals surface area contributed by atoms with Crippen molar-refractivity contribution in [3.8, 4) is 5.75 Å². The number of hydrogen-bond donors (Lipinski definition) is 2. The molecule has 0 amide bonds. The van der Waals surface area contributed by atoms with E-state index >= 15 is 0 Å². The molecule has 0 fully saturated rings. The summed E-state index contributed by atoms with van der Waals surface area (Å²) in [6, 6.07) is 8.50. The molecule has 0 radical (unpaired) electrons. The summed E-state index contributed by atoms with van der Waals surface area (Å²) in [5.41, 5.74) is 1.00. The molecule has 0 saturated heterocycles. The van der Waals surface area contributed by atoms with E-state index in [1.807, 2.05) is 20.8 Å². The lowest BCUT2D eigenvalue weighted by Gasteiger charge is -2.24. The summed E-state index contributed by atoms with van der Waals surface area (Å²) >= 11 is 5.91. The van der Waals surface area contributed by atoms with E-state index in [2.05, 4.69) is 0 Å². The molecule has 2 aromatic carbocycles. The molecule has 3 rings (SSSR count). The zero-order valence-corrected chi connectivity index (χ0v) is 17.9. The van der Waals surface area contributed by atoms with Crippen LogP contribution < -0.4 is 0 Å². The number of fused-ring (bicyclic) bond motifs is 1. The second kappa shape index (κ2) is 7.76. The molecule has 1 unspecified atom stereocenters. The average Bonchev–Trinajstić information content (AvgIpc) is 2.90. The Morgan fingerprint density at radius 3 is 2.30 bits per heavy atom. The normalized spacial score (nSPS) is 12.9. The Hall–Kier alpha value is -2.86. The first-order valence-electron chi connectivity index (χ1n) is 9.47. The minimum atomic E-state index is -1.05. The summed E-state index contributed by atoms with van der Waals surface area (Å²) in [6.45, 7) is 7.41. The Kier molecular flexibility index (Phi) is 5.65. The number of nitrogens with zero attached hydrogens (tertiary/aromatic N) is 1. The van der Waals surface area contributed by atoms with Crippen molar-refractivity contribution >= 4 is 34.4 Å². The van der Waals surface area contributed by atoms with Gasteiger partial charge in [-0.2, -0.15) is 0 Å². The van der Waals surface area contributed by atoms with Gasteiger partial charge in [-0.1, -0.05) is 32.4 Å². The lowest BCUT2D eigenvalue weighted by atomic mass is 9.80. The number of rotatable bonds is 4. The van der Waals surface area contributed by atoms with Crippen molar-refractivity contribution < 1.29 is 24.2 Å². The summed E-state index contributed by atoms with van der Waals surface area (Å²) in [6.07, 6.45) is 0.301. The van der Waals surface area contributed by atoms with Gasteiger partial charge in [0.05, 0.1) is 11.4 Å². The number of aliphatic carboxylic acids is 1. The summed E-state index contributed by atoms with van der Waals surface area (Å²) in [7, 11) is 0. The first-order valence-corrected chi connectivity index (χ1v) is 9.85. The second-order valence-corrected chi connectivity index (χ2v) is 9.06. The van der Waals surface area contributed by atoms with Gasteiger partial charge < -0.3 is 10.2 Å². The Bertz CT molecular complexity index is 1140. The minimum absolute atomic E-state index is 0.206. The molecule has 7 heteroatoms. The topological polar surface area (TPSA) is 79.5 Å². The highest BCUT2D eigenvalue weighted by molar-refractivity contribution is 6.30. The second-order valence-electron chi connectivity index (χ2n) is 8.62. The van der Waals surface area contributed by atoms with E-state index in [0.717, 1.165) is 6.07 Å². The van der Waals surface area contributed by atoms with Crippen LogP contribution in [-0.2, 0) is 4.79 Å². The van der Waals surface area contributed by atoms with Crippen LogP contribution in [0.15, 0.2) is 36.4 Å². The average molecular weight is 432 g/mol. The molecular weight excluding hydrogens is 409 g/mol. The number of phenolic OH excluding ortho intramolecular Hbond substituents is 1. The molecule has 3 aromatic rings. The van der Waals surface area contributed by atoms with Crippen LogP contribution in [0.5, 0.6) is 5.75 Å². The highest BCUT2D eigenvalue weighted by atomic mass is 35.5. The number of aromatic hydroxyl groups is 1. The van der Waals surface area contributed by atoms with E-state index in [-0.39, 0.29) is 10.9 Å². The van der Waals surface area contributed by atoms with Crippen molar-refractivity contribution in [3.05, 3.63) is 64.1 Å². The third kappa shape index (κ3) is 4.05. The largest absolute Gasteiger partial charge is 0.505 e. The Morgan fingerprint density at radius 1 is 1.17 bits per heavy atom. The van der Waals surface area contributed by atoms with Crippen LogP contribution in [0, 0.1) is 18.2 Å². The van der Waals surface area contributed by atoms with Crippen LogP contribution in [0.2, 0.25) is 5.02 Å². The van der Waals surface area contributed by atoms with Crippen LogP contribution in [0.1, 0.15) is 54.7 Å². The summed E-state index contributed by atoms with van der Waals surface area (Å²) in [4.78, 5) is 25.4. The van der Waals surface area contributed by atoms with Crippen LogP contribution in [0.4, 0.5) is 4.39 Å². The molecule has 0 spiro atoms. The maximum Gasteiger partial charge on any atom is 0.311 e. The number of benzene rings is 2. The van der Waals surface area contributed by atoms with Crippen molar-refractivity contribution in [2.75, 3.05) is 0 Å². The minimum Gasteiger partial charge on any atom is -0.505 e. The molecule has 2 N–H and O–H groups in total. The fraction of sp³-hybridized carbons (Fsp3) is 0.304. The maximum absolute atomic E-state index is 14.2. The van der Waals surface area contributed by atoms with Gasteiger partial charge in [0.1, 0.15) is 0 Å². The highest BCUT2D eigenvalue weighted by Crippen LogP contribution is 2.40. The van der Waals surface area contributed by atoms with Gasteiger partial charge in [-0.05, 0) is 54.7 Å². The molecule has 158 valence electrons. The smallest absolute Gasteiger partial charge is 0.311 e. The van der Waals surface area contributed by atoms with Gasteiger partial charge in [-0.25, -0.2) is 4.39 Å². The Morgan fingerprint density at radius 2 is 1.77 bits per heavy atom. The molecule has 0 aliphatic carbocycles. The number of halogens is 2. The molecule has 1 heterocycles. The van der Waals surface area contributed by atoms with Gasteiger partial charge in [-0.15, -0.1) is 0 Å². The van der Waals surface area contributed by atoms with Gasteiger partial charge in [-0.3, -0.25) is 14.2 Å². The standard InChI is InChI=1S/C23H23ClFNO4/c1-12-20(16(22(29)30)11-23(2,3)4)15-9-19(27)17(25)10-18(15)26(12)21(28)13-5-7-14(24)8-6-13/h5-10,16,27H,11H2,1-4H3,(H,29,30). The number of hydrogen-bond acceptors (Lipinski definition) is 3. The van der Waals surface area contributed by atoms with Crippen molar-refractivity contribution in [2.24, 2.45) is 5.41 Å². The molecule has 0 bridgehead atoms. The predicted molar refractivity (Wildman–Crippen MR) is 114 cm³/mol. The number of phenols is 1. The molecule has 0 aliphatic heterocycles. The fourth-order valence-corrected chi connectivity index (χ4v) is 3.92. The van der Waals surface area contributed by atoms with Crippen LogP contribution in [0.3, 0.4) is 0 Å². The number of carbonyl (C=O) groups is 2. The Labute approximate surface area is 178 Å². The summed E-state index contributed by atoms with van der Waals surface area (Å²) in [5, 5.41) is 20.7. The third-order valence-electron chi connectivity index (χ3n) is 5.08. The molecule has 0 aliphatic rings. The molecule has 5 nitrogen and oxygen atoms in total. The van der Waals surface area contributed by atoms with E-state index in [1.54, 1.807) is 31.2 Å². The molecule has 1 aromatic heterocycles. The summed E-state index contributed by atoms with van der Waals surface area (Å²) in [5.74, 6) is -3.91. The number of carbonyl (C=O) groups excluding carboxylic acids is 1. The highest BCUT2D eigenvalue weighted by Gasteiger charge is 2.33. The zero-order valence-electron chi connectivity index (χ0n) is 17.2. The van der Waals surface area contributed by atoms with Gasteiger partial charge >= 0.3 is 5.97 Å². The van der Waals surface area contributed by atoms with Gasteiger partial charge in [0.15, 0.2) is 11.6 Å². The molecule has 1 atom stereocenters. The molecule has 30 heavy (non-hydrogen) atoms. The Balaban J connectivity index is 2.32. The van der Waals surface area contributed by atoms with E-state index < -0.39 is 29.4 Å². The predicted octanol–water partition coefficient (Wildman–Crippen LogP) is 5.74.